The summed E-state index contributed by atoms with van der Waals surface area (Å²) in [4.78, 5) is 7.07. The van der Waals surface area contributed by atoms with Crippen LogP contribution in [0.5, 0.6) is 0 Å². The van der Waals surface area contributed by atoms with Crippen molar-refractivity contribution >= 4 is 11.3 Å². The molecule has 3 N–H and O–H groups in total. The molecule has 29 heavy (non-hydrogen) atoms. The number of allylic oxidation sites excluding steroid dienone is 2. The van der Waals surface area contributed by atoms with Crippen LogP contribution in [0.3, 0.4) is 0 Å². The molecule has 0 bridgehead atoms. The molecular weight excluding hydrogens is 387 g/mol. The number of aliphatic hydroxyl groups is 2. The van der Waals surface area contributed by atoms with Gasteiger partial charge in [-0.1, -0.05) is 29.4 Å². The number of hydroxylamine groups is 1. The van der Waals surface area contributed by atoms with Gasteiger partial charge in [0.2, 0.25) is 0 Å². The van der Waals surface area contributed by atoms with E-state index < -0.39 is 17.9 Å². The van der Waals surface area contributed by atoms with E-state index in [1.165, 1.54) is 18.2 Å². The molecule has 4 rings (SSSR count). The molecule has 3 aliphatic rings. The van der Waals surface area contributed by atoms with E-state index in [9.17, 15) is 23.4 Å². The Labute approximate surface area is 165 Å². The van der Waals surface area contributed by atoms with Gasteiger partial charge in [0.05, 0.1) is 11.3 Å². The highest BCUT2D eigenvalue weighted by Gasteiger charge is 2.42. The minimum Gasteiger partial charge on any atom is -0.390 e. The van der Waals surface area contributed by atoms with Gasteiger partial charge in [0.15, 0.2) is 6.10 Å². The number of likely N-dealkylation sites (tertiary alicyclic amines) is 1. The summed E-state index contributed by atoms with van der Waals surface area (Å²) in [7, 11) is 0. The van der Waals surface area contributed by atoms with Crippen molar-refractivity contribution in [2.75, 3.05) is 13.1 Å². The Balaban J connectivity index is 1.63. The predicted molar refractivity (Wildman–Crippen MR) is 100 cm³/mol. The maximum atomic E-state index is 12.9. The van der Waals surface area contributed by atoms with Crippen molar-refractivity contribution in [2.45, 2.75) is 37.8 Å². The minimum absolute atomic E-state index is 0.109. The van der Waals surface area contributed by atoms with Gasteiger partial charge < -0.3 is 15.1 Å². The highest BCUT2D eigenvalue weighted by Crippen LogP contribution is 2.37. The monoisotopic (exact) mass is 409 g/mol. The van der Waals surface area contributed by atoms with E-state index in [2.05, 4.69) is 15.5 Å². The third-order valence-electron chi connectivity index (χ3n) is 5.59. The minimum atomic E-state index is -4.73. The first-order valence-electron chi connectivity index (χ1n) is 9.30. The van der Waals surface area contributed by atoms with Crippen LogP contribution < -0.4 is 5.48 Å². The van der Waals surface area contributed by atoms with Crippen LogP contribution in [-0.4, -0.2) is 51.7 Å². The summed E-state index contributed by atoms with van der Waals surface area (Å²) in [5.74, 6) is 0.109. The van der Waals surface area contributed by atoms with Crippen molar-refractivity contribution in [2.24, 2.45) is 11.1 Å². The first-order valence-corrected chi connectivity index (χ1v) is 9.30. The fourth-order valence-electron chi connectivity index (χ4n) is 3.65. The summed E-state index contributed by atoms with van der Waals surface area (Å²) in [5, 5.41) is 23.8. The zero-order valence-electron chi connectivity index (χ0n) is 15.9. The normalized spacial score (nSPS) is 23.5. The molecule has 1 saturated heterocycles. The average molecular weight is 409 g/mol. The molecule has 6 nitrogen and oxygen atoms in total. The van der Waals surface area contributed by atoms with Gasteiger partial charge in [0.25, 0.3) is 0 Å². The molecule has 1 aliphatic carbocycles. The predicted octanol–water partition coefficient (Wildman–Crippen LogP) is 2.53. The van der Waals surface area contributed by atoms with Gasteiger partial charge in [-0.2, -0.15) is 13.2 Å². The lowest BCUT2D eigenvalue weighted by Gasteiger charge is -2.48. The topological polar surface area (TPSA) is 77.3 Å². The third-order valence-corrected chi connectivity index (χ3v) is 5.59. The summed E-state index contributed by atoms with van der Waals surface area (Å²) in [6, 6.07) is 5.45. The molecule has 0 saturated carbocycles. The number of benzene rings is 1. The number of aliphatic hydroxyl groups excluding tert-OH is 1. The van der Waals surface area contributed by atoms with E-state index >= 15 is 0 Å². The Morgan fingerprint density at radius 1 is 1.28 bits per heavy atom. The second-order valence-corrected chi connectivity index (χ2v) is 8.14. The number of hydrogen-bond donors (Lipinski definition) is 3. The molecular formula is C20H22F3N3O3. The summed E-state index contributed by atoms with van der Waals surface area (Å²) in [6.45, 7) is 4.82. The van der Waals surface area contributed by atoms with Crippen LogP contribution in [0.4, 0.5) is 13.2 Å². The molecule has 0 spiro atoms. The molecule has 1 aromatic carbocycles. The zero-order valence-corrected chi connectivity index (χ0v) is 15.9. The summed E-state index contributed by atoms with van der Waals surface area (Å²) < 4.78 is 38.7. The Bertz CT molecular complexity index is 896. The molecule has 156 valence electrons. The number of rotatable bonds is 4. The maximum absolute atomic E-state index is 12.9. The number of oxime groups is 1. The van der Waals surface area contributed by atoms with Crippen molar-refractivity contribution in [1.82, 2.24) is 10.4 Å². The van der Waals surface area contributed by atoms with E-state index in [-0.39, 0.29) is 17.5 Å². The van der Waals surface area contributed by atoms with E-state index in [4.69, 9.17) is 4.94 Å². The average Bonchev–Trinajstić information content (AvgIpc) is 3.06. The van der Waals surface area contributed by atoms with Crippen LogP contribution in [0.2, 0.25) is 0 Å². The van der Waals surface area contributed by atoms with Crippen LogP contribution in [-0.2, 0) is 4.94 Å². The highest BCUT2D eigenvalue weighted by molar-refractivity contribution is 6.10. The van der Waals surface area contributed by atoms with E-state index in [1.54, 1.807) is 19.9 Å². The Hall–Kier alpha value is -2.36. The number of nitrogens with zero attached hydrogens (tertiary/aromatic N) is 2. The molecule has 0 aromatic heterocycles. The standard InChI is InChI=1S/C20H22F3N3O3/c1-19(2,28)14-9-26(10-14)16-8-13(7-15-17(16)25-29-24-15)11-4-3-5-12(6-11)18(27)20(21,22)23/h3-8,14-15,18,24,27-28H,9-10H2,1-2H3. The van der Waals surface area contributed by atoms with Crippen LogP contribution in [0.15, 0.2) is 47.3 Å². The molecule has 9 heteroatoms. The van der Waals surface area contributed by atoms with E-state index in [1.807, 2.05) is 12.2 Å². The Kier molecular flexibility index (Phi) is 4.71. The molecule has 0 radical (unpaired) electrons. The highest BCUT2D eigenvalue weighted by atomic mass is 19.4. The van der Waals surface area contributed by atoms with E-state index in [0.717, 1.165) is 5.70 Å². The quantitative estimate of drug-likeness (QED) is 0.713. The number of fused-ring (bicyclic) bond motifs is 1. The second kappa shape index (κ2) is 6.86. The number of alkyl halides is 3. The maximum Gasteiger partial charge on any atom is 0.418 e. The van der Waals surface area contributed by atoms with Crippen LogP contribution in [0.25, 0.3) is 5.57 Å². The van der Waals surface area contributed by atoms with Crippen molar-refractivity contribution in [1.29, 1.82) is 0 Å². The molecule has 1 fully saturated rings. The van der Waals surface area contributed by atoms with Gasteiger partial charge in [-0.05, 0) is 42.7 Å². The lowest BCUT2D eigenvalue weighted by molar-refractivity contribution is -0.206. The van der Waals surface area contributed by atoms with Crippen molar-refractivity contribution in [3.63, 3.8) is 0 Å². The van der Waals surface area contributed by atoms with Gasteiger partial charge in [0, 0.05) is 19.0 Å². The zero-order chi connectivity index (χ0) is 21.0. The van der Waals surface area contributed by atoms with Gasteiger partial charge in [0.1, 0.15) is 11.8 Å². The molecule has 2 aliphatic heterocycles. The first-order chi connectivity index (χ1) is 13.5. The van der Waals surface area contributed by atoms with Crippen molar-refractivity contribution in [3.05, 3.63) is 53.2 Å². The first kappa shape index (κ1) is 19.9. The number of hydrogen-bond acceptors (Lipinski definition) is 6. The molecule has 2 heterocycles. The number of nitrogens with one attached hydrogen (secondary N) is 1. The third kappa shape index (κ3) is 3.77. The van der Waals surface area contributed by atoms with E-state index in [0.29, 0.717) is 29.9 Å². The largest absolute Gasteiger partial charge is 0.418 e. The smallest absolute Gasteiger partial charge is 0.390 e. The fraction of sp³-hybridized carbons (Fsp3) is 0.450. The number of halogens is 3. The lowest BCUT2D eigenvalue weighted by atomic mass is 9.82. The van der Waals surface area contributed by atoms with Crippen LogP contribution in [0, 0.1) is 5.92 Å². The molecule has 1 aromatic rings. The van der Waals surface area contributed by atoms with Crippen molar-refractivity contribution in [3.8, 4) is 0 Å². The summed E-state index contributed by atoms with van der Waals surface area (Å²) in [5.41, 5.74) is 4.50. The second-order valence-electron chi connectivity index (χ2n) is 8.14. The summed E-state index contributed by atoms with van der Waals surface area (Å²) in [6.07, 6.45) is -3.60. The Morgan fingerprint density at radius 2 is 2.00 bits per heavy atom. The van der Waals surface area contributed by atoms with Gasteiger partial charge >= 0.3 is 6.18 Å². The molecule has 0 amide bonds. The van der Waals surface area contributed by atoms with Gasteiger partial charge in [-0.25, -0.2) is 0 Å². The summed E-state index contributed by atoms with van der Waals surface area (Å²) >= 11 is 0. The van der Waals surface area contributed by atoms with Crippen molar-refractivity contribution < 1.29 is 28.3 Å². The van der Waals surface area contributed by atoms with Gasteiger partial charge in [-0.3, -0.25) is 4.94 Å². The van der Waals surface area contributed by atoms with Gasteiger partial charge in [-0.15, -0.1) is 5.48 Å². The molecule has 2 atom stereocenters. The molecule has 2 unspecified atom stereocenters. The fourth-order valence-corrected chi connectivity index (χ4v) is 3.65. The SMILES string of the molecule is CC(C)(O)C1CN(C2=CC(c3cccc(C(O)C(F)(F)F)c3)=CC3NON=C23)C1. The van der Waals surface area contributed by atoms with Crippen LogP contribution in [0.1, 0.15) is 31.1 Å². The van der Waals surface area contributed by atoms with Crippen LogP contribution >= 0.6 is 0 Å². The lowest BCUT2D eigenvalue weighted by Crippen LogP contribution is -2.56. The Morgan fingerprint density at radius 3 is 2.66 bits per heavy atom.